The number of H-pyrrole nitrogens is 1. The zero-order valence-electron chi connectivity index (χ0n) is 16.0. The fourth-order valence-electron chi connectivity index (χ4n) is 3.73. The number of esters is 1. The number of ether oxygens (including phenoxy) is 2. The zero-order valence-corrected chi connectivity index (χ0v) is 16.8. The van der Waals surface area contributed by atoms with Crippen molar-refractivity contribution in [3.8, 4) is 6.07 Å². The molecule has 1 aromatic heterocycles. The van der Waals surface area contributed by atoms with E-state index >= 15 is 0 Å². The first-order valence-corrected chi connectivity index (χ1v) is 10.9. The molecule has 146 valence electrons. The lowest BCUT2D eigenvalue weighted by Crippen LogP contribution is -2.41. The van der Waals surface area contributed by atoms with Gasteiger partial charge in [0.2, 0.25) is 0 Å². The van der Waals surface area contributed by atoms with Crippen molar-refractivity contribution in [2.75, 3.05) is 43.6 Å². The summed E-state index contributed by atoms with van der Waals surface area (Å²) in [5.41, 5.74) is 3.33. The second-order valence-electron chi connectivity index (χ2n) is 6.81. The number of carbonyl (C=O) groups is 1. The van der Waals surface area contributed by atoms with Gasteiger partial charge in [-0.15, -0.1) is 0 Å². The molecule has 0 saturated carbocycles. The first-order chi connectivity index (χ1) is 13.2. The van der Waals surface area contributed by atoms with Crippen LogP contribution in [0.15, 0.2) is 5.03 Å². The van der Waals surface area contributed by atoms with E-state index in [1.165, 1.54) is 23.4 Å². The minimum Gasteiger partial charge on any atom is -0.466 e. The monoisotopic (exact) mass is 390 g/mol. The topological polar surface area (TPSA) is 76.7 Å². The molecule has 1 aliphatic heterocycles. The maximum Gasteiger partial charge on any atom is 0.305 e. The second-order valence-corrected chi connectivity index (χ2v) is 7.92. The average molecular weight is 391 g/mol. The Hall–Kier alpha value is -1.78. The standard InChI is InChI=1S/C20H27N3O3S/c1-2-26-18(24)8-5-13-27-20-17(14-21)15-6-3-4-7-16(15)19(22-20)23-9-11-25-12-10-23/h2-13H2,1H3/p+1. The van der Waals surface area contributed by atoms with Crippen LogP contribution in [0.5, 0.6) is 0 Å². The number of rotatable bonds is 7. The van der Waals surface area contributed by atoms with Gasteiger partial charge >= 0.3 is 5.97 Å². The lowest BCUT2D eigenvalue weighted by atomic mass is 9.89. The Labute approximate surface area is 165 Å². The summed E-state index contributed by atoms with van der Waals surface area (Å²) in [6.45, 7) is 5.48. The van der Waals surface area contributed by atoms with Gasteiger partial charge in [0.1, 0.15) is 24.7 Å². The molecule has 0 spiro atoms. The highest BCUT2D eigenvalue weighted by Crippen LogP contribution is 2.34. The van der Waals surface area contributed by atoms with Gasteiger partial charge in [0.25, 0.3) is 5.82 Å². The maximum absolute atomic E-state index is 11.5. The van der Waals surface area contributed by atoms with Crippen LogP contribution in [0, 0.1) is 11.3 Å². The van der Waals surface area contributed by atoms with Gasteiger partial charge in [0.15, 0.2) is 5.03 Å². The Morgan fingerprint density at radius 3 is 2.74 bits per heavy atom. The number of anilines is 1. The summed E-state index contributed by atoms with van der Waals surface area (Å²) >= 11 is 1.64. The predicted molar refractivity (Wildman–Crippen MR) is 104 cm³/mol. The number of nitriles is 1. The van der Waals surface area contributed by atoms with E-state index in [1.54, 1.807) is 11.8 Å². The van der Waals surface area contributed by atoms with Crippen LogP contribution in [0.25, 0.3) is 0 Å². The third kappa shape index (κ3) is 4.94. The fourth-order valence-corrected chi connectivity index (χ4v) is 4.71. The van der Waals surface area contributed by atoms with E-state index in [4.69, 9.17) is 9.47 Å². The lowest BCUT2D eigenvalue weighted by Gasteiger charge is -2.26. The molecule has 1 aromatic rings. The Bertz CT molecular complexity index is 711. The molecular weight excluding hydrogens is 362 g/mol. The summed E-state index contributed by atoms with van der Waals surface area (Å²) in [6.07, 6.45) is 5.48. The summed E-state index contributed by atoms with van der Waals surface area (Å²) in [7, 11) is 0. The molecule has 0 unspecified atom stereocenters. The van der Waals surface area contributed by atoms with Gasteiger partial charge in [0.05, 0.1) is 19.8 Å². The van der Waals surface area contributed by atoms with E-state index in [0.717, 1.165) is 68.3 Å². The van der Waals surface area contributed by atoms with Crippen LogP contribution >= 0.6 is 11.8 Å². The van der Waals surface area contributed by atoms with Crippen LogP contribution in [0.3, 0.4) is 0 Å². The first-order valence-electron chi connectivity index (χ1n) is 9.86. The van der Waals surface area contributed by atoms with Crippen LogP contribution in [-0.4, -0.2) is 44.6 Å². The molecule has 1 N–H and O–H groups in total. The molecular formula is C20H28N3O3S+. The molecule has 2 aliphatic rings. The van der Waals surface area contributed by atoms with Crippen molar-refractivity contribution in [1.29, 1.82) is 5.26 Å². The molecule has 0 radical (unpaired) electrons. The third-order valence-electron chi connectivity index (χ3n) is 5.03. The number of aromatic nitrogens is 1. The minimum absolute atomic E-state index is 0.151. The summed E-state index contributed by atoms with van der Waals surface area (Å²) < 4.78 is 10.5. The summed E-state index contributed by atoms with van der Waals surface area (Å²) in [4.78, 5) is 17.4. The molecule has 0 atom stereocenters. The van der Waals surface area contributed by atoms with Crippen LogP contribution in [0.4, 0.5) is 5.82 Å². The first kappa shape index (κ1) is 20.0. The molecule has 1 aliphatic carbocycles. The number of hydrogen-bond donors (Lipinski definition) is 0. The number of aromatic amines is 1. The number of nitrogens with zero attached hydrogens (tertiary/aromatic N) is 2. The molecule has 2 heterocycles. The molecule has 0 amide bonds. The summed E-state index contributed by atoms with van der Waals surface area (Å²) in [5.74, 6) is 1.80. The van der Waals surface area contributed by atoms with Gasteiger partial charge < -0.3 is 9.47 Å². The average Bonchev–Trinajstić information content (AvgIpc) is 2.71. The molecule has 3 rings (SSSR count). The Kier molecular flexibility index (Phi) is 7.36. The highest BCUT2D eigenvalue weighted by molar-refractivity contribution is 7.99. The summed E-state index contributed by atoms with van der Waals surface area (Å²) in [5, 5.41) is 10.7. The largest absolute Gasteiger partial charge is 0.466 e. The van der Waals surface area contributed by atoms with Crippen LogP contribution in [-0.2, 0) is 27.1 Å². The van der Waals surface area contributed by atoms with Crippen molar-refractivity contribution < 1.29 is 19.3 Å². The number of morpholine rings is 1. The second kappa shape index (κ2) is 9.95. The lowest BCUT2D eigenvalue weighted by molar-refractivity contribution is -0.414. The molecule has 6 nitrogen and oxygen atoms in total. The van der Waals surface area contributed by atoms with Gasteiger partial charge in [-0.25, -0.2) is 4.98 Å². The highest BCUT2D eigenvalue weighted by Gasteiger charge is 2.30. The number of hydrogen-bond acceptors (Lipinski definition) is 6. The minimum atomic E-state index is -0.151. The van der Waals surface area contributed by atoms with Gasteiger partial charge in [-0.2, -0.15) is 5.26 Å². The Balaban J connectivity index is 1.79. The Morgan fingerprint density at radius 1 is 1.30 bits per heavy atom. The van der Waals surface area contributed by atoms with Crippen molar-refractivity contribution in [2.24, 2.45) is 0 Å². The van der Waals surface area contributed by atoms with Crippen LogP contribution in [0.1, 0.15) is 49.3 Å². The zero-order chi connectivity index (χ0) is 19.1. The van der Waals surface area contributed by atoms with Gasteiger partial charge in [-0.1, -0.05) is 11.8 Å². The maximum atomic E-state index is 11.5. The van der Waals surface area contributed by atoms with E-state index < -0.39 is 0 Å². The molecule has 0 bridgehead atoms. The van der Waals surface area contributed by atoms with Crippen molar-refractivity contribution in [2.45, 2.75) is 50.5 Å². The molecule has 0 aromatic carbocycles. The van der Waals surface area contributed by atoms with Crippen LogP contribution in [0.2, 0.25) is 0 Å². The van der Waals surface area contributed by atoms with E-state index in [-0.39, 0.29) is 5.97 Å². The van der Waals surface area contributed by atoms with Gasteiger partial charge in [-0.05, 0) is 44.6 Å². The highest BCUT2D eigenvalue weighted by atomic mass is 32.2. The van der Waals surface area contributed by atoms with Gasteiger partial charge in [-0.3, -0.25) is 9.69 Å². The van der Waals surface area contributed by atoms with Gasteiger partial charge in [0, 0.05) is 17.7 Å². The predicted octanol–water partition coefficient (Wildman–Crippen LogP) is 2.52. The van der Waals surface area contributed by atoms with Crippen molar-refractivity contribution in [1.82, 2.24) is 0 Å². The van der Waals surface area contributed by atoms with Crippen molar-refractivity contribution in [3.05, 3.63) is 16.7 Å². The van der Waals surface area contributed by atoms with E-state index in [1.807, 2.05) is 6.92 Å². The molecule has 7 heteroatoms. The van der Waals surface area contributed by atoms with Crippen LogP contribution < -0.4 is 9.88 Å². The van der Waals surface area contributed by atoms with E-state index in [2.05, 4.69) is 16.0 Å². The van der Waals surface area contributed by atoms with Crippen molar-refractivity contribution >= 4 is 23.5 Å². The third-order valence-corrected chi connectivity index (χ3v) is 6.12. The number of nitrogens with one attached hydrogen (secondary N) is 1. The SMILES string of the molecule is CCOC(=O)CCCSc1[nH+]c(N2CCOCC2)c2c(c1C#N)CCCC2. The number of fused-ring (bicyclic) bond motifs is 1. The number of carbonyl (C=O) groups excluding carboxylic acids is 1. The summed E-state index contributed by atoms with van der Waals surface area (Å²) in [6, 6.07) is 2.44. The number of thioether (sulfide) groups is 1. The fraction of sp³-hybridized carbons (Fsp3) is 0.650. The van der Waals surface area contributed by atoms with E-state index in [0.29, 0.717) is 13.0 Å². The number of pyridine rings is 1. The normalized spacial score (nSPS) is 16.5. The van der Waals surface area contributed by atoms with Crippen molar-refractivity contribution in [3.63, 3.8) is 0 Å². The quantitative estimate of drug-likeness (QED) is 0.404. The Morgan fingerprint density at radius 2 is 2.04 bits per heavy atom. The van der Waals surface area contributed by atoms with E-state index in [9.17, 15) is 10.1 Å². The smallest absolute Gasteiger partial charge is 0.305 e. The molecule has 27 heavy (non-hydrogen) atoms. The molecule has 1 saturated heterocycles. The molecule has 1 fully saturated rings.